The Morgan fingerprint density at radius 3 is 2.64 bits per heavy atom. The summed E-state index contributed by atoms with van der Waals surface area (Å²) in [5.41, 5.74) is 0.923. The second-order valence-electron chi connectivity index (χ2n) is 6.01. The van der Waals surface area contributed by atoms with E-state index in [1.807, 2.05) is 6.92 Å². The van der Waals surface area contributed by atoms with Crippen LogP contribution in [0.5, 0.6) is 5.75 Å². The van der Waals surface area contributed by atoms with Gasteiger partial charge >= 0.3 is 0 Å². The zero-order chi connectivity index (χ0) is 20.3. The lowest BCUT2D eigenvalue weighted by molar-refractivity contribution is 0.0775. The Balaban J connectivity index is 1.63. The molecule has 0 spiro atoms. The third kappa shape index (κ3) is 4.60. The van der Waals surface area contributed by atoms with Gasteiger partial charge in [-0.25, -0.2) is 4.68 Å². The van der Waals surface area contributed by atoms with Crippen molar-refractivity contribution in [2.45, 2.75) is 26.7 Å². The first kappa shape index (κ1) is 20.5. The number of carbonyl (C=O) groups is 1. The second kappa shape index (κ2) is 8.86. The smallest absolute Gasteiger partial charge is 0.274 e. The predicted molar refractivity (Wildman–Crippen MR) is 108 cm³/mol. The summed E-state index contributed by atoms with van der Waals surface area (Å²) in [7, 11) is 1.67. The first-order valence-corrected chi connectivity index (χ1v) is 9.60. The number of amides is 1. The number of carbonyl (C=O) groups excluding carboxylic acids is 1. The SMILES string of the molecule is CCn1cc(Cl)c(CN(C)C(=O)c2ccn(COc3cccc(Cl)c3Cl)n2)n1. The average Bonchev–Trinajstić information content (AvgIpc) is 3.29. The van der Waals surface area contributed by atoms with Crippen LogP contribution in [0.3, 0.4) is 0 Å². The molecule has 0 saturated carbocycles. The summed E-state index contributed by atoms with van der Waals surface area (Å²) >= 11 is 18.2. The molecule has 10 heteroatoms. The van der Waals surface area contributed by atoms with Crippen molar-refractivity contribution in [3.63, 3.8) is 0 Å². The van der Waals surface area contributed by atoms with E-state index in [1.165, 1.54) is 9.58 Å². The minimum absolute atomic E-state index is 0.0871. The lowest BCUT2D eigenvalue weighted by Gasteiger charge is -2.14. The molecule has 0 radical (unpaired) electrons. The van der Waals surface area contributed by atoms with Crippen molar-refractivity contribution in [3.05, 3.63) is 63.1 Å². The van der Waals surface area contributed by atoms with Crippen molar-refractivity contribution in [2.75, 3.05) is 7.05 Å². The molecular formula is C18H18Cl3N5O2. The van der Waals surface area contributed by atoms with Crippen LogP contribution in [0.25, 0.3) is 0 Å². The molecule has 0 atom stereocenters. The second-order valence-corrected chi connectivity index (χ2v) is 7.20. The van der Waals surface area contributed by atoms with Crippen molar-refractivity contribution in [1.82, 2.24) is 24.5 Å². The summed E-state index contributed by atoms with van der Waals surface area (Å²) < 4.78 is 8.83. The van der Waals surface area contributed by atoms with Crippen LogP contribution in [0.4, 0.5) is 0 Å². The fourth-order valence-corrected chi connectivity index (χ4v) is 3.03. The summed E-state index contributed by atoms with van der Waals surface area (Å²) in [6, 6.07) is 6.74. The Kier molecular flexibility index (Phi) is 6.49. The molecule has 0 saturated heterocycles. The van der Waals surface area contributed by atoms with E-state index < -0.39 is 0 Å². The first-order valence-electron chi connectivity index (χ1n) is 8.46. The van der Waals surface area contributed by atoms with Crippen LogP contribution in [0.2, 0.25) is 15.1 Å². The highest BCUT2D eigenvalue weighted by molar-refractivity contribution is 6.42. The molecule has 1 amide bonds. The zero-order valence-corrected chi connectivity index (χ0v) is 17.5. The molecule has 0 aliphatic carbocycles. The van der Waals surface area contributed by atoms with Gasteiger partial charge in [0.2, 0.25) is 0 Å². The van der Waals surface area contributed by atoms with E-state index in [-0.39, 0.29) is 24.9 Å². The van der Waals surface area contributed by atoms with E-state index in [4.69, 9.17) is 39.5 Å². The fourth-order valence-electron chi connectivity index (χ4n) is 2.48. The van der Waals surface area contributed by atoms with Gasteiger partial charge in [-0.05, 0) is 25.1 Å². The first-order chi connectivity index (χ1) is 13.4. The van der Waals surface area contributed by atoms with E-state index in [2.05, 4.69) is 10.2 Å². The molecule has 0 unspecified atom stereocenters. The van der Waals surface area contributed by atoms with Gasteiger partial charge in [-0.15, -0.1) is 0 Å². The highest BCUT2D eigenvalue weighted by Gasteiger charge is 2.18. The standard InChI is InChI=1S/C18H18Cl3N5O2/c1-3-25-9-13(20)15(23-25)10-24(2)18(27)14-7-8-26(22-14)11-28-16-6-4-5-12(19)17(16)21/h4-9H,3,10-11H2,1-2H3. The minimum Gasteiger partial charge on any atom is -0.470 e. The molecule has 0 N–H and O–H groups in total. The van der Waals surface area contributed by atoms with Crippen LogP contribution in [-0.4, -0.2) is 37.4 Å². The summed E-state index contributed by atoms with van der Waals surface area (Å²) in [6.45, 7) is 3.04. The van der Waals surface area contributed by atoms with Crippen LogP contribution >= 0.6 is 34.8 Å². The van der Waals surface area contributed by atoms with Gasteiger partial charge in [0, 0.05) is 26.0 Å². The van der Waals surface area contributed by atoms with E-state index in [9.17, 15) is 4.79 Å². The fraction of sp³-hybridized carbons (Fsp3) is 0.278. The number of aromatic nitrogens is 4. The summed E-state index contributed by atoms with van der Waals surface area (Å²) in [5, 5.41) is 9.86. The minimum atomic E-state index is -0.248. The number of hydrogen-bond acceptors (Lipinski definition) is 4. The quantitative estimate of drug-likeness (QED) is 0.545. The van der Waals surface area contributed by atoms with Gasteiger partial charge in [-0.1, -0.05) is 40.9 Å². The molecule has 0 aliphatic heterocycles. The summed E-state index contributed by atoms with van der Waals surface area (Å²) in [5.74, 6) is 0.192. The van der Waals surface area contributed by atoms with E-state index in [0.29, 0.717) is 33.1 Å². The van der Waals surface area contributed by atoms with Crippen molar-refractivity contribution in [1.29, 1.82) is 0 Å². The largest absolute Gasteiger partial charge is 0.470 e. The summed E-state index contributed by atoms with van der Waals surface area (Å²) in [6.07, 6.45) is 3.39. The number of nitrogens with zero attached hydrogens (tertiary/aromatic N) is 5. The molecule has 1 aromatic carbocycles. The van der Waals surface area contributed by atoms with Crippen LogP contribution in [0.15, 0.2) is 36.7 Å². The van der Waals surface area contributed by atoms with Crippen LogP contribution in [0, 0.1) is 0 Å². The molecule has 0 bridgehead atoms. The van der Waals surface area contributed by atoms with Crippen molar-refractivity contribution >= 4 is 40.7 Å². The normalized spacial score (nSPS) is 10.9. The van der Waals surface area contributed by atoms with Gasteiger partial charge in [0.25, 0.3) is 5.91 Å². The summed E-state index contributed by atoms with van der Waals surface area (Å²) in [4.78, 5) is 14.1. The van der Waals surface area contributed by atoms with Crippen molar-refractivity contribution < 1.29 is 9.53 Å². The highest BCUT2D eigenvalue weighted by Crippen LogP contribution is 2.31. The van der Waals surface area contributed by atoms with Crippen LogP contribution < -0.4 is 4.74 Å². The Morgan fingerprint density at radius 1 is 1.14 bits per heavy atom. The molecule has 148 valence electrons. The lowest BCUT2D eigenvalue weighted by atomic mass is 10.3. The molecule has 3 rings (SSSR count). The van der Waals surface area contributed by atoms with Crippen LogP contribution in [0.1, 0.15) is 23.1 Å². The topological polar surface area (TPSA) is 65.2 Å². The highest BCUT2D eigenvalue weighted by atomic mass is 35.5. The molecule has 2 aromatic heterocycles. The maximum absolute atomic E-state index is 12.6. The number of aryl methyl sites for hydroxylation is 1. The van der Waals surface area contributed by atoms with Crippen molar-refractivity contribution in [2.24, 2.45) is 0 Å². The van der Waals surface area contributed by atoms with E-state index in [0.717, 1.165) is 0 Å². The molecule has 2 heterocycles. The molecular weight excluding hydrogens is 425 g/mol. The number of hydrogen-bond donors (Lipinski definition) is 0. The van der Waals surface area contributed by atoms with E-state index >= 15 is 0 Å². The maximum atomic E-state index is 12.6. The van der Waals surface area contributed by atoms with Gasteiger partial charge in [0.05, 0.1) is 16.6 Å². The molecule has 7 nitrogen and oxygen atoms in total. The maximum Gasteiger partial charge on any atom is 0.274 e. The molecule has 0 fully saturated rings. The number of ether oxygens (including phenoxy) is 1. The van der Waals surface area contributed by atoms with Gasteiger partial charge < -0.3 is 9.64 Å². The third-order valence-corrected chi connectivity index (χ3v) is 5.09. The number of rotatable bonds is 7. The van der Waals surface area contributed by atoms with E-state index in [1.54, 1.807) is 48.4 Å². The van der Waals surface area contributed by atoms with Crippen molar-refractivity contribution in [3.8, 4) is 5.75 Å². The third-order valence-electron chi connectivity index (χ3n) is 3.97. The number of benzene rings is 1. The Morgan fingerprint density at radius 2 is 1.93 bits per heavy atom. The monoisotopic (exact) mass is 441 g/mol. The molecule has 0 aliphatic rings. The van der Waals surface area contributed by atoms with Gasteiger partial charge in [-0.2, -0.15) is 10.2 Å². The lowest BCUT2D eigenvalue weighted by Crippen LogP contribution is -2.27. The Hall–Kier alpha value is -2.22. The zero-order valence-electron chi connectivity index (χ0n) is 15.3. The molecule has 28 heavy (non-hydrogen) atoms. The van der Waals surface area contributed by atoms with Gasteiger partial charge in [0.1, 0.15) is 16.5 Å². The Labute approximate surface area is 177 Å². The van der Waals surface area contributed by atoms with Crippen LogP contribution in [-0.2, 0) is 19.8 Å². The van der Waals surface area contributed by atoms with Gasteiger partial charge in [0.15, 0.2) is 12.4 Å². The number of halogens is 3. The van der Waals surface area contributed by atoms with Gasteiger partial charge in [-0.3, -0.25) is 9.48 Å². The average molecular weight is 443 g/mol. The molecule has 3 aromatic rings. The predicted octanol–water partition coefficient (Wildman–Crippen LogP) is 4.37. The Bertz CT molecular complexity index is 986.